The van der Waals surface area contributed by atoms with Gasteiger partial charge in [0.25, 0.3) is 0 Å². The highest BCUT2D eigenvalue weighted by molar-refractivity contribution is 7.89. The van der Waals surface area contributed by atoms with E-state index in [9.17, 15) is 13.2 Å². The van der Waals surface area contributed by atoms with Gasteiger partial charge >= 0.3 is 0 Å². The number of rotatable bonds is 5. The number of carbonyl (C=O) groups is 1. The van der Waals surface area contributed by atoms with Crippen molar-refractivity contribution in [1.29, 1.82) is 0 Å². The topological polar surface area (TPSA) is 84.3 Å². The van der Waals surface area contributed by atoms with Crippen LogP contribution in [0.4, 0.5) is 5.69 Å². The van der Waals surface area contributed by atoms with E-state index in [0.717, 1.165) is 12.1 Å². The predicted molar refractivity (Wildman–Crippen MR) is 113 cm³/mol. The molecule has 2 unspecified atom stereocenters. The third kappa shape index (κ3) is 4.82. The van der Waals surface area contributed by atoms with Crippen LogP contribution in [-0.2, 0) is 21.4 Å². The van der Waals surface area contributed by atoms with Gasteiger partial charge in [0.1, 0.15) is 6.54 Å². The highest BCUT2D eigenvalue weighted by Crippen LogP contribution is 2.27. The molecule has 1 saturated heterocycles. The van der Waals surface area contributed by atoms with Gasteiger partial charge in [-0.2, -0.15) is 9.40 Å². The van der Waals surface area contributed by atoms with Crippen LogP contribution >= 0.6 is 11.6 Å². The Morgan fingerprint density at radius 2 is 1.76 bits per heavy atom. The van der Waals surface area contributed by atoms with Crippen molar-refractivity contribution in [3.63, 3.8) is 0 Å². The number of nitrogens with zero attached hydrogens (tertiary/aromatic N) is 3. The van der Waals surface area contributed by atoms with Gasteiger partial charge in [0.15, 0.2) is 0 Å². The standard InChI is InChI=1S/C20H27ClN4O3S/c1-13-9-14(2)11-24(10-13)29(27,28)18-7-5-17(6-8-18)22-19(26)12-25-16(4)20(21)15(3)23-25/h5-8,13-14H,9-12H2,1-4H3,(H,22,26). The molecule has 0 bridgehead atoms. The number of amides is 1. The van der Waals surface area contributed by atoms with Crippen molar-refractivity contribution in [3.8, 4) is 0 Å². The van der Waals surface area contributed by atoms with Gasteiger partial charge in [-0.3, -0.25) is 9.48 Å². The summed E-state index contributed by atoms with van der Waals surface area (Å²) in [6.07, 6.45) is 1.04. The molecule has 9 heteroatoms. The predicted octanol–water partition coefficient (Wildman–Crippen LogP) is 3.46. The number of aromatic nitrogens is 2. The number of anilines is 1. The molecular formula is C20H27ClN4O3S. The fraction of sp³-hybridized carbons (Fsp3) is 0.500. The van der Waals surface area contributed by atoms with E-state index in [4.69, 9.17) is 11.6 Å². The second-order valence-corrected chi connectivity index (χ2v) is 10.3. The average molecular weight is 439 g/mol. The van der Waals surface area contributed by atoms with Gasteiger partial charge in [-0.15, -0.1) is 0 Å². The first-order chi connectivity index (χ1) is 13.6. The summed E-state index contributed by atoms with van der Waals surface area (Å²) in [4.78, 5) is 12.6. The Bertz CT molecular complexity index is 991. The van der Waals surface area contributed by atoms with Crippen LogP contribution in [0.3, 0.4) is 0 Å². The number of piperidine rings is 1. The molecule has 0 saturated carbocycles. The molecule has 3 rings (SSSR count). The molecular weight excluding hydrogens is 412 g/mol. The molecule has 2 aromatic rings. The summed E-state index contributed by atoms with van der Waals surface area (Å²) >= 11 is 6.11. The highest BCUT2D eigenvalue weighted by Gasteiger charge is 2.31. The molecule has 2 heterocycles. The molecule has 1 aromatic heterocycles. The largest absolute Gasteiger partial charge is 0.324 e. The maximum Gasteiger partial charge on any atom is 0.246 e. The summed E-state index contributed by atoms with van der Waals surface area (Å²) in [7, 11) is -3.54. The van der Waals surface area contributed by atoms with Crippen molar-refractivity contribution < 1.29 is 13.2 Å². The van der Waals surface area contributed by atoms with Crippen molar-refractivity contribution in [2.24, 2.45) is 11.8 Å². The number of carbonyl (C=O) groups excluding carboxylic acids is 1. The first kappa shape index (κ1) is 21.8. The third-order valence-corrected chi connectivity index (χ3v) is 7.59. The second kappa shape index (κ2) is 8.45. The molecule has 158 valence electrons. The molecule has 7 nitrogen and oxygen atoms in total. The van der Waals surface area contributed by atoms with Crippen LogP contribution in [0.25, 0.3) is 0 Å². The summed E-state index contributed by atoms with van der Waals surface area (Å²) in [5.74, 6) is 0.423. The zero-order chi connectivity index (χ0) is 21.3. The first-order valence-electron chi connectivity index (χ1n) is 9.67. The van der Waals surface area contributed by atoms with E-state index in [1.165, 1.54) is 12.1 Å². The Labute approximate surface area is 177 Å². The minimum atomic E-state index is -3.54. The molecule has 0 radical (unpaired) electrons. The lowest BCUT2D eigenvalue weighted by Gasteiger charge is -2.34. The minimum Gasteiger partial charge on any atom is -0.324 e. The lowest BCUT2D eigenvalue weighted by Crippen LogP contribution is -2.42. The summed E-state index contributed by atoms with van der Waals surface area (Å²) in [5.41, 5.74) is 1.93. The van der Waals surface area contributed by atoms with E-state index in [0.29, 0.717) is 41.3 Å². The molecule has 1 aliphatic rings. The summed E-state index contributed by atoms with van der Waals surface area (Å²) < 4.78 is 29.0. The molecule has 2 atom stereocenters. The number of halogens is 1. The number of aryl methyl sites for hydroxylation is 1. The van der Waals surface area contributed by atoms with E-state index < -0.39 is 10.0 Å². The molecule has 1 amide bonds. The smallest absolute Gasteiger partial charge is 0.246 e. The lowest BCUT2D eigenvalue weighted by atomic mass is 9.94. The van der Waals surface area contributed by atoms with Crippen molar-refractivity contribution in [1.82, 2.24) is 14.1 Å². The van der Waals surface area contributed by atoms with Crippen molar-refractivity contribution >= 4 is 33.2 Å². The van der Waals surface area contributed by atoms with E-state index in [-0.39, 0.29) is 17.3 Å². The van der Waals surface area contributed by atoms with Crippen LogP contribution in [0.15, 0.2) is 29.2 Å². The summed E-state index contributed by atoms with van der Waals surface area (Å²) in [6, 6.07) is 6.29. The van der Waals surface area contributed by atoms with Gasteiger partial charge in [0.2, 0.25) is 15.9 Å². The third-order valence-electron chi connectivity index (χ3n) is 5.20. The summed E-state index contributed by atoms with van der Waals surface area (Å²) in [6.45, 7) is 8.85. The Balaban J connectivity index is 1.68. The van der Waals surface area contributed by atoms with Gasteiger partial charge in [-0.25, -0.2) is 8.42 Å². The van der Waals surface area contributed by atoms with Crippen LogP contribution < -0.4 is 5.32 Å². The number of nitrogens with one attached hydrogen (secondary N) is 1. The lowest BCUT2D eigenvalue weighted by molar-refractivity contribution is -0.116. The summed E-state index contributed by atoms with van der Waals surface area (Å²) in [5, 5.41) is 7.56. The minimum absolute atomic E-state index is 0.0308. The Kier molecular flexibility index (Phi) is 6.36. The second-order valence-electron chi connectivity index (χ2n) is 7.98. The normalized spacial score (nSPS) is 20.6. The first-order valence-corrected chi connectivity index (χ1v) is 11.5. The van der Waals surface area contributed by atoms with Crippen LogP contribution in [0.5, 0.6) is 0 Å². The fourth-order valence-corrected chi connectivity index (χ4v) is 5.64. The van der Waals surface area contributed by atoms with Crippen molar-refractivity contribution in [2.75, 3.05) is 18.4 Å². The van der Waals surface area contributed by atoms with Gasteiger partial charge < -0.3 is 5.32 Å². The quantitative estimate of drug-likeness (QED) is 0.774. The molecule has 1 aliphatic heterocycles. The molecule has 1 aromatic carbocycles. The number of benzene rings is 1. The van der Waals surface area contributed by atoms with Gasteiger partial charge in [-0.1, -0.05) is 25.4 Å². The maximum absolute atomic E-state index is 12.9. The molecule has 29 heavy (non-hydrogen) atoms. The van der Waals surface area contributed by atoms with E-state index in [2.05, 4.69) is 24.3 Å². The molecule has 1 fully saturated rings. The Morgan fingerprint density at radius 3 is 2.28 bits per heavy atom. The average Bonchev–Trinajstić information content (AvgIpc) is 2.88. The van der Waals surface area contributed by atoms with Gasteiger partial charge in [-0.05, 0) is 56.4 Å². The van der Waals surface area contributed by atoms with Gasteiger partial charge in [0, 0.05) is 18.8 Å². The van der Waals surface area contributed by atoms with Crippen molar-refractivity contribution in [3.05, 3.63) is 40.7 Å². The van der Waals surface area contributed by atoms with Crippen LogP contribution in [0, 0.1) is 25.7 Å². The van der Waals surface area contributed by atoms with Crippen LogP contribution in [0.1, 0.15) is 31.7 Å². The molecule has 0 aliphatic carbocycles. The SMILES string of the molecule is Cc1nn(CC(=O)Nc2ccc(S(=O)(=O)N3CC(C)CC(C)C3)cc2)c(C)c1Cl. The maximum atomic E-state index is 12.9. The Morgan fingerprint density at radius 1 is 1.17 bits per heavy atom. The van der Waals surface area contributed by atoms with Crippen LogP contribution in [-0.4, -0.2) is 41.5 Å². The number of hydrogen-bond acceptors (Lipinski definition) is 4. The van der Waals surface area contributed by atoms with Gasteiger partial charge in [0.05, 0.1) is 21.3 Å². The van der Waals surface area contributed by atoms with E-state index in [1.807, 2.05) is 0 Å². The number of sulfonamides is 1. The monoisotopic (exact) mass is 438 g/mol. The highest BCUT2D eigenvalue weighted by atomic mass is 35.5. The Hall–Kier alpha value is -1.90. The molecule has 1 N–H and O–H groups in total. The number of hydrogen-bond donors (Lipinski definition) is 1. The van der Waals surface area contributed by atoms with Crippen LogP contribution in [0.2, 0.25) is 5.02 Å². The zero-order valence-electron chi connectivity index (χ0n) is 17.1. The zero-order valence-corrected chi connectivity index (χ0v) is 18.7. The van der Waals surface area contributed by atoms with Crippen molar-refractivity contribution in [2.45, 2.75) is 45.6 Å². The van der Waals surface area contributed by atoms with E-state index >= 15 is 0 Å². The fourth-order valence-electron chi connectivity index (χ4n) is 3.83. The molecule has 0 spiro atoms. The van der Waals surface area contributed by atoms with E-state index in [1.54, 1.807) is 35.0 Å².